The molecule has 0 N–H and O–H groups in total. The van der Waals surface area contributed by atoms with E-state index in [4.69, 9.17) is 32.5 Å². The number of hydrogen-bond acceptors (Lipinski definition) is 5. The SMILES string of the molecule is Cc1cc(OCc2ccccc2)c(Cl)cc1-c1noc(-c2cn3cc(C(F)(F)F)cc(Cl)c3n2)n1. The van der Waals surface area contributed by atoms with Crippen molar-refractivity contribution in [2.45, 2.75) is 19.7 Å². The van der Waals surface area contributed by atoms with Gasteiger partial charge in [0.1, 0.15) is 18.1 Å². The molecule has 2 aromatic carbocycles. The van der Waals surface area contributed by atoms with Gasteiger partial charge in [-0.3, -0.25) is 0 Å². The molecule has 0 spiro atoms. The van der Waals surface area contributed by atoms with Crippen LogP contribution in [0.15, 0.2) is 65.4 Å². The van der Waals surface area contributed by atoms with Crippen molar-refractivity contribution in [3.05, 3.63) is 87.7 Å². The van der Waals surface area contributed by atoms with Crippen LogP contribution in [-0.2, 0) is 12.8 Å². The fourth-order valence-corrected chi connectivity index (χ4v) is 3.97. The van der Waals surface area contributed by atoms with Gasteiger partial charge >= 0.3 is 6.18 Å². The largest absolute Gasteiger partial charge is 0.487 e. The molecule has 0 aliphatic heterocycles. The van der Waals surface area contributed by atoms with Crippen molar-refractivity contribution in [3.8, 4) is 28.7 Å². The molecule has 0 saturated carbocycles. The number of halogens is 5. The summed E-state index contributed by atoms with van der Waals surface area (Å²) in [4.78, 5) is 8.59. The van der Waals surface area contributed by atoms with E-state index in [0.29, 0.717) is 22.9 Å². The Kier molecular flexibility index (Phi) is 5.90. The molecule has 0 aliphatic carbocycles. The van der Waals surface area contributed by atoms with Crippen LogP contribution in [0.2, 0.25) is 10.0 Å². The number of aromatic nitrogens is 4. The molecule has 0 bridgehead atoms. The maximum atomic E-state index is 13.1. The van der Waals surface area contributed by atoms with Gasteiger partial charge in [-0.15, -0.1) is 0 Å². The van der Waals surface area contributed by atoms with Crippen molar-refractivity contribution in [2.75, 3.05) is 0 Å². The van der Waals surface area contributed by atoms with Gasteiger partial charge in [-0.05, 0) is 36.2 Å². The Balaban J connectivity index is 1.42. The highest BCUT2D eigenvalue weighted by atomic mass is 35.5. The van der Waals surface area contributed by atoms with Gasteiger partial charge in [0, 0.05) is 18.0 Å². The zero-order chi connectivity index (χ0) is 24.7. The van der Waals surface area contributed by atoms with E-state index in [1.54, 1.807) is 12.1 Å². The number of rotatable bonds is 5. The van der Waals surface area contributed by atoms with Crippen LogP contribution >= 0.6 is 23.2 Å². The van der Waals surface area contributed by atoms with Crippen LogP contribution in [0.1, 0.15) is 16.7 Å². The Bertz CT molecular complexity index is 1530. The van der Waals surface area contributed by atoms with Crippen LogP contribution in [-0.4, -0.2) is 19.5 Å². The van der Waals surface area contributed by atoms with Crippen LogP contribution in [0.4, 0.5) is 13.2 Å². The van der Waals surface area contributed by atoms with Crippen LogP contribution in [0, 0.1) is 6.92 Å². The summed E-state index contributed by atoms with van der Waals surface area (Å²) in [6.45, 7) is 2.21. The van der Waals surface area contributed by atoms with Crippen molar-refractivity contribution in [2.24, 2.45) is 0 Å². The number of fused-ring (bicyclic) bond motifs is 1. The van der Waals surface area contributed by atoms with Gasteiger partial charge in [-0.25, -0.2) is 4.98 Å². The Hall–Kier alpha value is -3.56. The number of ether oxygens (including phenoxy) is 1. The molecule has 6 nitrogen and oxygen atoms in total. The molecule has 0 unspecified atom stereocenters. The standard InChI is InChI=1S/C24H15Cl2F3N4O2/c1-13-7-20(34-12-14-5-3-2-4-6-14)17(25)9-16(13)21-31-23(35-32-21)19-11-33-10-15(24(27,28)29)8-18(26)22(33)30-19/h2-11H,12H2,1H3. The van der Waals surface area contributed by atoms with Gasteiger partial charge in [0.05, 0.1) is 15.6 Å². The van der Waals surface area contributed by atoms with E-state index in [1.807, 2.05) is 37.3 Å². The summed E-state index contributed by atoms with van der Waals surface area (Å²) in [5.74, 6) is 0.775. The van der Waals surface area contributed by atoms with Crippen LogP contribution < -0.4 is 4.74 Å². The average molecular weight is 519 g/mol. The molecule has 0 radical (unpaired) electrons. The molecule has 11 heteroatoms. The van der Waals surface area contributed by atoms with Crippen molar-refractivity contribution >= 4 is 28.8 Å². The highest BCUT2D eigenvalue weighted by Crippen LogP contribution is 2.35. The lowest BCUT2D eigenvalue weighted by atomic mass is 10.1. The summed E-state index contributed by atoms with van der Waals surface area (Å²) in [5.41, 5.74) is 1.81. The summed E-state index contributed by atoms with van der Waals surface area (Å²) in [6.07, 6.45) is -2.31. The number of pyridine rings is 1. The molecule has 0 amide bonds. The first-order valence-electron chi connectivity index (χ1n) is 10.3. The average Bonchev–Trinajstić information content (AvgIpc) is 3.47. The summed E-state index contributed by atoms with van der Waals surface area (Å²) < 4.78 is 51.6. The predicted molar refractivity (Wildman–Crippen MR) is 124 cm³/mol. The van der Waals surface area contributed by atoms with Crippen molar-refractivity contribution in [1.82, 2.24) is 19.5 Å². The van der Waals surface area contributed by atoms with Crippen LogP contribution in [0.25, 0.3) is 28.6 Å². The molecule has 5 aromatic rings. The Labute approximate surface area is 206 Å². The van der Waals surface area contributed by atoms with E-state index in [1.165, 1.54) is 10.6 Å². The van der Waals surface area contributed by atoms with E-state index in [2.05, 4.69) is 15.1 Å². The number of imidazole rings is 1. The van der Waals surface area contributed by atoms with Crippen LogP contribution in [0.3, 0.4) is 0 Å². The third-order valence-corrected chi connectivity index (χ3v) is 5.81. The molecular formula is C24H15Cl2F3N4O2. The van der Waals surface area contributed by atoms with Gasteiger partial charge in [0.2, 0.25) is 5.82 Å². The number of hydrogen-bond donors (Lipinski definition) is 0. The lowest BCUT2D eigenvalue weighted by Gasteiger charge is -2.11. The lowest BCUT2D eigenvalue weighted by molar-refractivity contribution is -0.137. The summed E-state index contributed by atoms with van der Waals surface area (Å²) >= 11 is 12.4. The fourth-order valence-electron chi connectivity index (χ4n) is 3.49. The Morgan fingerprint density at radius 1 is 1.00 bits per heavy atom. The Morgan fingerprint density at radius 3 is 2.51 bits per heavy atom. The first-order valence-corrected chi connectivity index (χ1v) is 11.0. The topological polar surface area (TPSA) is 65.5 Å². The molecule has 0 aliphatic rings. The monoisotopic (exact) mass is 518 g/mol. The van der Waals surface area contributed by atoms with E-state index >= 15 is 0 Å². The highest BCUT2D eigenvalue weighted by Gasteiger charge is 2.32. The van der Waals surface area contributed by atoms with Crippen molar-refractivity contribution in [1.29, 1.82) is 0 Å². The van der Waals surface area contributed by atoms with E-state index < -0.39 is 11.7 Å². The van der Waals surface area contributed by atoms with Gasteiger partial charge in [0.25, 0.3) is 5.89 Å². The highest BCUT2D eigenvalue weighted by molar-refractivity contribution is 6.33. The zero-order valence-electron chi connectivity index (χ0n) is 18.0. The quantitative estimate of drug-likeness (QED) is 0.245. The predicted octanol–water partition coefficient (Wildman–Crippen LogP) is 7.26. The number of aryl methyl sites for hydroxylation is 1. The molecular weight excluding hydrogens is 504 g/mol. The first-order chi connectivity index (χ1) is 16.7. The number of benzene rings is 2. The molecule has 178 valence electrons. The minimum atomic E-state index is -4.55. The molecule has 0 atom stereocenters. The van der Waals surface area contributed by atoms with E-state index in [0.717, 1.165) is 23.4 Å². The van der Waals surface area contributed by atoms with E-state index in [-0.39, 0.29) is 28.1 Å². The Morgan fingerprint density at radius 2 is 1.77 bits per heavy atom. The molecule has 0 saturated heterocycles. The maximum Gasteiger partial charge on any atom is 0.417 e. The third kappa shape index (κ3) is 4.69. The second-order valence-corrected chi connectivity index (χ2v) is 8.54. The third-order valence-electron chi connectivity index (χ3n) is 5.24. The van der Waals surface area contributed by atoms with Gasteiger partial charge in [-0.2, -0.15) is 18.2 Å². The molecule has 3 heterocycles. The molecule has 5 rings (SSSR count). The van der Waals surface area contributed by atoms with Crippen molar-refractivity contribution < 1.29 is 22.4 Å². The number of nitrogens with zero attached hydrogens (tertiary/aromatic N) is 4. The minimum absolute atomic E-state index is 0.0215. The fraction of sp³-hybridized carbons (Fsp3) is 0.125. The summed E-state index contributed by atoms with van der Waals surface area (Å²) in [5, 5.41) is 4.20. The zero-order valence-corrected chi connectivity index (χ0v) is 19.5. The summed E-state index contributed by atoms with van der Waals surface area (Å²) in [6, 6.07) is 13.9. The first kappa shape index (κ1) is 23.2. The smallest absolute Gasteiger partial charge is 0.417 e. The number of alkyl halides is 3. The minimum Gasteiger partial charge on any atom is -0.487 e. The molecule has 3 aromatic heterocycles. The maximum absolute atomic E-state index is 13.1. The van der Waals surface area contributed by atoms with Crippen molar-refractivity contribution in [3.63, 3.8) is 0 Å². The summed E-state index contributed by atoms with van der Waals surface area (Å²) in [7, 11) is 0. The normalized spacial score (nSPS) is 11.8. The van der Waals surface area contributed by atoms with Gasteiger partial charge < -0.3 is 13.7 Å². The molecule has 0 fully saturated rings. The van der Waals surface area contributed by atoms with Gasteiger partial charge in [0.15, 0.2) is 5.65 Å². The lowest BCUT2D eigenvalue weighted by Crippen LogP contribution is -2.06. The second-order valence-electron chi connectivity index (χ2n) is 7.73. The van der Waals surface area contributed by atoms with Crippen LogP contribution in [0.5, 0.6) is 5.75 Å². The van der Waals surface area contributed by atoms with E-state index in [9.17, 15) is 13.2 Å². The second kappa shape index (κ2) is 8.90. The van der Waals surface area contributed by atoms with Gasteiger partial charge in [-0.1, -0.05) is 58.7 Å². The molecule has 35 heavy (non-hydrogen) atoms.